The molecule has 82 valence electrons. The third-order valence-corrected chi connectivity index (χ3v) is 3.41. The lowest BCUT2D eigenvalue weighted by Crippen LogP contribution is -2.27. The molecule has 1 nitrogen and oxygen atoms in total. The minimum absolute atomic E-state index is 0.788. The van der Waals surface area contributed by atoms with Crippen molar-refractivity contribution in [2.24, 2.45) is 11.8 Å². The summed E-state index contributed by atoms with van der Waals surface area (Å²) in [5, 5.41) is 3.55. The highest BCUT2D eigenvalue weighted by Gasteiger charge is 2.17. The first kappa shape index (κ1) is 12.1. The molecule has 0 aliphatic heterocycles. The zero-order chi connectivity index (χ0) is 10.4. The van der Waals surface area contributed by atoms with E-state index in [0.29, 0.717) is 0 Å². The smallest absolute Gasteiger partial charge is 0.00553 e. The standard InChI is InChI=1S/C12H23NS/c1-10-6-11(2)8-12(7-10)9-13-4-5-14-3/h6,10,12-13H,4-5,7-9H2,1-3H3. The van der Waals surface area contributed by atoms with Crippen LogP contribution in [0.1, 0.15) is 26.7 Å². The van der Waals surface area contributed by atoms with Gasteiger partial charge < -0.3 is 5.32 Å². The first-order valence-electron chi connectivity index (χ1n) is 5.59. The third-order valence-electron chi connectivity index (χ3n) is 2.80. The van der Waals surface area contributed by atoms with Crippen LogP contribution in [0, 0.1) is 11.8 Å². The van der Waals surface area contributed by atoms with Gasteiger partial charge in [-0.15, -0.1) is 0 Å². The molecule has 14 heavy (non-hydrogen) atoms. The zero-order valence-corrected chi connectivity index (χ0v) is 10.5. The predicted molar refractivity (Wildman–Crippen MR) is 66.9 cm³/mol. The van der Waals surface area contributed by atoms with Crippen molar-refractivity contribution in [3.05, 3.63) is 11.6 Å². The van der Waals surface area contributed by atoms with E-state index in [1.54, 1.807) is 5.57 Å². The van der Waals surface area contributed by atoms with Gasteiger partial charge in [-0.2, -0.15) is 11.8 Å². The summed E-state index contributed by atoms with van der Waals surface area (Å²) < 4.78 is 0. The fraction of sp³-hybridized carbons (Fsp3) is 0.833. The summed E-state index contributed by atoms with van der Waals surface area (Å²) in [6.07, 6.45) is 7.26. The molecule has 1 N–H and O–H groups in total. The molecule has 1 aliphatic rings. The Morgan fingerprint density at radius 3 is 3.00 bits per heavy atom. The molecule has 0 saturated carbocycles. The fourth-order valence-corrected chi connectivity index (χ4v) is 2.67. The van der Waals surface area contributed by atoms with E-state index in [2.05, 4.69) is 31.5 Å². The van der Waals surface area contributed by atoms with E-state index in [4.69, 9.17) is 0 Å². The summed E-state index contributed by atoms with van der Waals surface area (Å²) in [4.78, 5) is 0. The molecule has 0 bridgehead atoms. The number of rotatable bonds is 5. The Kier molecular flexibility index (Phi) is 5.64. The molecule has 0 amide bonds. The quantitative estimate of drug-likeness (QED) is 0.557. The monoisotopic (exact) mass is 213 g/mol. The Labute approximate surface area is 92.7 Å². The van der Waals surface area contributed by atoms with E-state index in [0.717, 1.165) is 18.4 Å². The second-order valence-electron chi connectivity index (χ2n) is 4.49. The van der Waals surface area contributed by atoms with E-state index >= 15 is 0 Å². The van der Waals surface area contributed by atoms with Gasteiger partial charge in [0.1, 0.15) is 0 Å². The van der Waals surface area contributed by atoms with E-state index in [1.807, 2.05) is 11.8 Å². The molecule has 0 spiro atoms. The summed E-state index contributed by atoms with van der Waals surface area (Å²) in [5.74, 6) is 2.89. The van der Waals surface area contributed by atoms with Crippen LogP contribution in [0.25, 0.3) is 0 Å². The van der Waals surface area contributed by atoms with Gasteiger partial charge in [0, 0.05) is 12.3 Å². The molecule has 2 unspecified atom stereocenters. The van der Waals surface area contributed by atoms with Crippen molar-refractivity contribution >= 4 is 11.8 Å². The molecule has 1 rings (SSSR count). The average molecular weight is 213 g/mol. The molecule has 0 saturated heterocycles. The number of thioether (sulfide) groups is 1. The first-order valence-corrected chi connectivity index (χ1v) is 6.98. The Morgan fingerprint density at radius 2 is 2.36 bits per heavy atom. The van der Waals surface area contributed by atoms with Crippen LogP contribution in [-0.2, 0) is 0 Å². The molecule has 2 atom stereocenters. The van der Waals surface area contributed by atoms with Crippen molar-refractivity contribution in [3.63, 3.8) is 0 Å². The van der Waals surface area contributed by atoms with Gasteiger partial charge >= 0.3 is 0 Å². The minimum atomic E-state index is 0.788. The van der Waals surface area contributed by atoms with Crippen LogP contribution in [0.4, 0.5) is 0 Å². The summed E-state index contributed by atoms with van der Waals surface area (Å²) in [7, 11) is 0. The van der Waals surface area contributed by atoms with E-state index in [9.17, 15) is 0 Å². The summed E-state index contributed by atoms with van der Waals surface area (Å²) >= 11 is 1.92. The normalized spacial score (nSPS) is 27.5. The Balaban J connectivity index is 2.16. The van der Waals surface area contributed by atoms with E-state index in [-0.39, 0.29) is 0 Å². The largest absolute Gasteiger partial charge is 0.316 e. The molecule has 0 heterocycles. The van der Waals surface area contributed by atoms with Gasteiger partial charge in [-0.1, -0.05) is 18.6 Å². The van der Waals surface area contributed by atoms with Gasteiger partial charge in [-0.05, 0) is 44.4 Å². The zero-order valence-electron chi connectivity index (χ0n) is 9.68. The number of hydrogen-bond acceptors (Lipinski definition) is 2. The summed E-state index contributed by atoms with van der Waals surface area (Å²) in [6, 6.07) is 0. The van der Waals surface area contributed by atoms with Crippen molar-refractivity contribution in [2.75, 3.05) is 25.1 Å². The van der Waals surface area contributed by atoms with Gasteiger partial charge in [0.15, 0.2) is 0 Å². The molecular formula is C12H23NS. The van der Waals surface area contributed by atoms with Gasteiger partial charge in [-0.3, -0.25) is 0 Å². The summed E-state index contributed by atoms with van der Waals surface area (Å²) in [6.45, 7) is 6.97. The van der Waals surface area contributed by atoms with E-state index in [1.165, 1.54) is 25.1 Å². The van der Waals surface area contributed by atoms with Crippen LogP contribution in [0.3, 0.4) is 0 Å². The molecule has 0 aromatic rings. The SMILES string of the molecule is CSCCNCC1CC(C)=CC(C)C1. The molecule has 0 aromatic heterocycles. The van der Waals surface area contributed by atoms with Crippen LogP contribution < -0.4 is 5.32 Å². The average Bonchev–Trinajstić information content (AvgIpc) is 2.11. The fourth-order valence-electron chi connectivity index (χ4n) is 2.32. The van der Waals surface area contributed by atoms with Crippen molar-refractivity contribution in [1.82, 2.24) is 5.32 Å². The second-order valence-corrected chi connectivity index (χ2v) is 5.48. The van der Waals surface area contributed by atoms with Crippen molar-refractivity contribution in [3.8, 4) is 0 Å². The van der Waals surface area contributed by atoms with Crippen molar-refractivity contribution in [2.45, 2.75) is 26.7 Å². The summed E-state index contributed by atoms with van der Waals surface area (Å²) in [5.41, 5.74) is 1.58. The topological polar surface area (TPSA) is 12.0 Å². The highest BCUT2D eigenvalue weighted by atomic mass is 32.2. The molecule has 1 aliphatic carbocycles. The van der Waals surface area contributed by atoms with Gasteiger partial charge in [0.25, 0.3) is 0 Å². The lowest BCUT2D eigenvalue weighted by atomic mass is 9.84. The van der Waals surface area contributed by atoms with Crippen LogP contribution >= 0.6 is 11.8 Å². The van der Waals surface area contributed by atoms with E-state index < -0.39 is 0 Å². The maximum Gasteiger partial charge on any atom is 0.00553 e. The molecular weight excluding hydrogens is 190 g/mol. The molecule has 0 aromatic carbocycles. The highest BCUT2D eigenvalue weighted by Crippen LogP contribution is 2.27. The first-order chi connectivity index (χ1) is 6.72. The third kappa shape index (κ3) is 4.52. The molecule has 2 heteroatoms. The van der Waals surface area contributed by atoms with Crippen LogP contribution in [0.2, 0.25) is 0 Å². The molecule has 0 fully saturated rings. The minimum Gasteiger partial charge on any atom is -0.316 e. The Morgan fingerprint density at radius 1 is 1.57 bits per heavy atom. The maximum absolute atomic E-state index is 3.55. The Hall–Kier alpha value is 0.0500. The van der Waals surface area contributed by atoms with Gasteiger partial charge in [0.2, 0.25) is 0 Å². The van der Waals surface area contributed by atoms with Crippen LogP contribution in [-0.4, -0.2) is 25.1 Å². The number of hydrogen-bond donors (Lipinski definition) is 1. The van der Waals surface area contributed by atoms with Crippen LogP contribution in [0.15, 0.2) is 11.6 Å². The number of nitrogens with one attached hydrogen (secondary N) is 1. The Bertz CT molecular complexity index is 189. The molecule has 0 radical (unpaired) electrons. The second kappa shape index (κ2) is 6.52. The van der Waals surface area contributed by atoms with Gasteiger partial charge in [-0.25, -0.2) is 0 Å². The number of allylic oxidation sites excluding steroid dienone is 2. The highest BCUT2D eigenvalue weighted by molar-refractivity contribution is 7.98. The predicted octanol–water partition coefficient (Wildman–Crippen LogP) is 2.93. The van der Waals surface area contributed by atoms with Crippen LogP contribution in [0.5, 0.6) is 0 Å². The lowest BCUT2D eigenvalue weighted by Gasteiger charge is -2.25. The van der Waals surface area contributed by atoms with Crippen molar-refractivity contribution in [1.29, 1.82) is 0 Å². The van der Waals surface area contributed by atoms with Gasteiger partial charge in [0.05, 0.1) is 0 Å². The maximum atomic E-state index is 3.55. The van der Waals surface area contributed by atoms with Crippen molar-refractivity contribution < 1.29 is 0 Å². The lowest BCUT2D eigenvalue weighted by molar-refractivity contribution is 0.385.